The summed E-state index contributed by atoms with van der Waals surface area (Å²) in [5.74, 6) is 0.977. The summed E-state index contributed by atoms with van der Waals surface area (Å²) in [6, 6.07) is 5.55. The molecule has 0 unspecified atom stereocenters. The van der Waals surface area contributed by atoms with Gasteiger partial charge in [0, 0.05) is 31.1 Å². The average molecular weight is 380 g/mol. The first-order valence-electron chi connectivity index (χ1n) is 9.16. The van der Waals surface area contributed by atoms with E-state index < -0.39 is 0 Å². The quantitative estimate of drug-likeness (QED) is 0.657. The highest BCUT2D eigenvalue weighted by atomic mass is 16.5. The molecule has 9 nitrogen and oxygen atoms in total. The van der Waals surface area contributed by atoms with E-state index in [1.165, 1.54) is 6.33 Å². The molecule has 144 valence electrons. The number of morpholine rings is 1. The Morgan fingerprint density at radius 2 is 2.25 bits per heavy atom. The second kappa shape index (κ2) is 8.22. The van der Waals surface area contributed by atoms with Crippen molar-refractivity contribution < 1.29 is 14.1 Å². The number of pyridine rings is 1. The standard InChI is InChI=1S/C19H20N6O3/c1-2-16-23-19(24-28-16)14-10-20-12-22-18(14)15-11-25(7-8-27-15)17(26)9-13-5-3-4-6-21-13/h3-6,10,12,15H,2,7-9,11H2,1H3/t15-/m1/s1. The fourth-order valence-corrected chi connectivity index (χ4v) is 3.09. The van der Waals surface area contributed by atoms with Crippen LogP contribution in [0.1, 0.15) is 30.3 Å². The van der Waals surface area contributed by atoms with Crippen LogP contribution in [-0.2, 0) is 22.4 Å². The largest absolute Gasteiger partial charge is 0.368 e. The van der Waals surface area contributed by atoms with E-state index in [-0.39, 0.29) is 18.4 Å². The molecule has 9 heteroatoms. The lowest BCUT2D eigenvalue weighted by atomic mass is 10.1. The molecular weight excluding hydrogens is 360 g/mol. The van der Waals surface area contributed by atoms with Gasteiger partial charge in [-0.2, -0.15) is 4.98 Å². The van der Waals surface area contributed by atoms with Gasteiger partial charge < -0.3 is 14.2 Å². The van der Waals surface area contributed by atoms with Crippen molar-refractivity contribution in [2.45, 2.75) is 25.9 Å². The summed E-state index contributed by atoms with van der Waals surface area (Å²) in [4.78, 5) is 31.5. The van der Waals surface area contributed by atoms with Gasteiger partial charge in [-0.3, -0.25) is 9.78 Å². The second-order valence-electron chi connectivity index (χ2n) is 6.38. The van der Waals surface area contributed by atoms with Crippen LogP contribution in [-0.4, -0.2) is 55.6 Å². The monoisotopic (exact) mass is 380 g/mol. The zero-order chi connectivity index (χ0) is 19.3. The van der Waals surface area contributed by atoms with E-state index in [2.05, 4.69) is 25.1 Å². The molecule has 0 spiro atoms. The zero-order valence-corrected chi connectivity index (χ0v) is 15.5. The Balaban J connectivity index is 1.53. The van der Waals surface area contributed by atoms with Crippen LogP contribution in [0, 0.1) is 0 Å². The minimum Gasteiger partial charge on any atom is -0.368 e. The number of aryl methyl sites for hydroxylation is 1. The summed E-state index contributed by atoms with van der Waals surface area (Å²) >= 11 is 0. The van der Waals surface area contributed by atoms with Crippen molar-refractivity contribution in [2.75, 3.05) is 19.7 Å². The number of nitrogens with zero attached hydrogens (tertiary/aromatic N) is 6. The Hall–Kier alpha value is -3.20. The summed E-state index contributed by atoms with van der Waals surface area (Å²) in [7, 11) is 0. The zero-order valence-electron chi connectivity index (χ0n) is 15.5. The number of rotatable bonds is 5. The van der Waals surface area contributed by atoms with E-state index in [0.29, 0.717) is 49.1 Å². The summed E-state index contributed by atoms with van der Waals surface area (Å²) in [5.41, 5.74) is 2.04. The molecule has 4 rings (SSSR count). The molecule has 1 fully saturated rings. The van der Waals surface area contributed by atoms with Gasteiger partial charge in [-0.15, -0.1) is 0 Å². The first kappa shape index (κ1) is 18.2. The van der Waals surface area contributed by atoms with Gasteiger partial charge >= 0.3 is 0 Å². The Bertz CT molecular complexity index is 946. The van der Waals surface area contributed by atoms with E-state index in [9.17, 15) is 4.79 Å². The first-order chi connectivity index (χ1) is 13.7. The average Bonchev–Trinajstić information content (AvgIpc) is 3.24. The van der Waals surface area contributed by atoms with Gasteiger partial charge in [-0.1, -0.05) is 18.1 Å². The minimum atomic E-state index is -0.386. The highest BCUT2D eigenvalue weighted by Gasteiger charge is 2.29. The molecule has 0 aliphatic carbocycles. The number of ether oxygens (including phenoxy) is 1. The third kappa shape index (κ3) is 3.89. The molecule has 4 heterocycles. The van der Waals surface area contributed by atoms with Gasteiger partial charge in [0.15, 0.2) is 0 Å². The smallest absolute Gasteiger partial charge is 0.228 e. The number of carbonyl (C=O) groups is 1. The third-order valence-electron chi connectivity index (χ3n) is 4.54. The Morgan fingerprint density at radius 1 is 1.32 bits per heavy atom. The maximum atomic E-state index is 12.7. The summed E-state index contributed by atoms with van der Waals surface area (Å²) in [6.07, 6.45) is 5.30. The van der Waals surface area contributed by atoms with E-state index in [1.54, 1.807) is 17.3 Å². The van der Waals surface area contributed by atoms with Crippen molar-refractivity contribution in [3.8, 4) is 11.4 Å². The Kier molecular flexibility index (Phi) is 5.34. The van der Waals surface area contributed by atoms with Crippen molar-refractivity contribution >= 4 is 5.91 Å². The molecule has 1 aliphatic heterocycles. The van der Waals surface area contributed by atoms with Crippen LogP contribution >= 0.6 is 0 Å². The van der Waals surface area contributed by atoms with Crippen molar-refractivity contribution in [2.24, 2.45) is 0 Å². The molecule has 1 amide bonds. The number of hydrogen-bond donors (Lipinski definition) is 0. The van der Waals surface area contributed by atoms with Crippen LogP contribution in [0.4, 0.5) is 0 Å². The lowest BCUT2D eigenvalue weighted by molar-refractivity contribution is -0.138. The maximum Gasteiger partial charge on any atom is 0.228 e. The van der Waals surface area contributed by atoms with Crippen LogP contribution in [0.25, 0.3) is 11.4 Å². The topological polar surface area (TPSA) is 107 Å². The lowest BCUT2D eigenvalue weighted by Crippen LogP contribution is -2.43. The van der Waals surface area contributed by atoms with Crippen molar-refractivity contribution in [3.05, 3.63) is 54.2 Å². The molecule has 0 aromatic carbocycles. The highest BCUT2D eigenvalue weighted by molar-refractivity contribution is 5.78. The van der Waals surface area contributed by atoms with E-state index in [4.69, 9.17) is 9.26 Å². The number of aromatic nitrogens is 5. The molecule has 0 N–H and O–H groups in total. The predicted octanol–water partition coefficient (Wildman–Crippen LogP) is 1.63. The number of carbonyl (C=O) groups excluding carboxylic acids is 1. The van der Waals surface area contributed by atoms with Crippen molar-refractivity contribution in [1.29, 1.82) is 0 Å². The van der Waals surface area contributed by atoms with Crippen LogP contribution in [0.3, 0.4) is 0 Å². The summed E-state index contributed by atoms with van der Waals surface area (Å²) < 4.78 is 11.1. The van der Waals surface area contributed by atoms with Gasteiger partial charge in [-0.25, -0.2) is 9.97 Å². The van der Waals surface area contributed by atoms with E-state index >= 15 is 0 Å². The SMILES string of the molecule is CCc1nc(-c2cncnc2[C@H]2CN(C(=O)Cc3ccccn3)CCO2)no1. The Labute approximate surface area is 161 Å². The molecule has 0 radical (unpaired) electrons. The first-order valence-corrected chi connectivity index (χ1v) is 9.16. The van der Waals surface area contributed by atoms with E-state index in [0.717, 1.165) is 5.69 Å². The normalized spacial score (nSPS) is 16.9. The molecule has 0 saturated carbocycles. The fraction of sp³-hybridized carbons (Fsp3) is 0.368. The molecule has 1 aliphatic rings. The number of amides is 1. The molecule has 3 aromatic heterocycles. The number of hydrogen-bond acceptors (Lipinski definition) is 8. The van der Waals surface area contributed by atoms with Crippen molar-refractivity contribution in [1.82, 2.24) is 30.0 Å². The second-order valence-corrected chi connectivity index (χ2v) is 6.38. The molecule has 1 atom stereocenters. The van der Waals surface area contributed by atoms with Crippen molar-refractivity contribution in [3.63, 3.8) is 0 Å². The van der Waals surface area contributed by atoms with Crippen LogP contribution in [0.5, 0.6) is 0 Å². The summed E-state index contributed by atoms with van der Waals surface area (Å²) in [6.45, 7) is 3.29. The molecule has 3 aromatic rings. The van der Waals surface area contributed by atoms with Gasteiger partial charge in [0.2, 0.25) is 17.6 Å². The van der Waals surface area contributed by atoms with Crippen LogP contribution in [0.15, 0.2) is 41.4 Å². The molecular formula is C19H20N6O3. The molecule has 1 saturated heterocycles. The fourth-order valence-electron chi connectivity index (χ4n) is 3.09. The third-order valence-corrected chi connectivity index (χ3v) is 4.54. The Morgan fingerprint density at radius 3 is 3.04 bits per heavy atom. The van der Waals surface area contributed by atoms with Gasteiger partial charge in [0.1, 0.15) is 12.4 Å². The van der Waals surface area contributed by atoms with Gasteiger partial charge in [-0.05, 0) is 12.1 Å². The summed E-state index contributed by atoms with van der Waals surface area (Å²) in [5, 5.41) is 4.01. The van der Waals surface area contributed by atoms with Gasteiger partial charge in [0.25, 0.3) is 0 Å². The maximum absolute atomic E-state index is 12.7. The minimum absolute atomic E-state index is 0.00966. The predicted molar refractivity (Wildman–Crippen MR) is 97.9 cm³/mol. The molecule has 0 bridgehead atoms. The van der Waals surface area contributed by atoms with Crippen LogP contribution in [0.2, 0.25) is 0 Å². The van der Waals surface area contributed by atoms with Crippen LogP contribution < -0.4 is 0 Å². The van der Waals surface area contributed by atoms with E-state index in [1.807, 2.05) is 25.1 Å². The van der Waals surface area contributed by atoms with Gasteiger partial charge in [0.05, 0.1) is 30.8 Å². The molecule has 28 heavy (non-hydrogen) atoms. The highest BCUT2D eigenvalue weighted by Crippen LogP contribution is 2.28. The lowest BCUT2D eigenvalue weighted by Gasteiger charge is -2.33.